The average Bonchev–Trinajstić information content (AvgIpc) is 3.69. The van der Waals surface area contributed by atoms with Gasteiger partial charge in [-0.2, -0.15) is 4.31 Å². The molecule has 11 nitrogen and oxygen atoms in total. The SMILES string of the molecule is CC1(C(=O)O)CCCN1S(=O)(=O)c1cccc(C(=O)Nc2sc3c(c2C(=O)Nc2ccc(CCc4ccc(C(=O)O)cc4)cc2)CCCC3)c1. The maximum Gasteiger partial charge on any atom is 0.335 e. The molecule has 4 aromatic rings. The monoisotopic (exact) mass is 715 g/mol. The molecule has 0 saturated carbocycles. The highest BCUT2D eigenvalue weighted by atomic mass is 32.2. The van der Waals surface area contributed by atoms with Gasteiger partial charge < -0.3 is 20.8 Å². The number of aromatic carboxylic acids is 1. The second-order valence-corrected chi connectivity index (χ2v) is 15.8. The summed E-state index contributed by atoms with van der Waals surface area (Å²) in [5.41, 5.74) is 2.68. The van der Waals surface area contributed by atoms with Gasteiger partial charge in [0, 0.05) is 22.7 Å². The summed E-state index contributed by atoms with van der Waals surface area (Å²) in [5.74, 6) is -3.13. The van der Waals surface area contributed by atoms with Crippen molar-refractivity contribution in [3.63, 3.8) is 0 Å². The number of hydrogen-bond acceptors (Lipinski definition) is 7. The van der Waals surface area contributed by atoms with E-state index < -0.39 is 33.4 Å². The number of carbonyl (C=O) groups excluding carboxylic acids is 2. The van der Waals surface area contributed by atoms with E-state index in [0.717, 1.165) is 58.0 Å². The molecule has 260 valence electrons. The third kappa shape index (κ3) is 7.07. The molecule has 1 atom stereocenters. The van der Waals surface area contributed by atoms with E-state index in [1.165, 1.54) is 42.5 Å². The van der Waals surface area contributed by atoms with Crippen LogP contribution in [-0.2, 0) is 40.5 Å². The van der Waals surface area contributed by atoms with E-state index in [0.29, 0.717) is 29.1 Å². The van der Waals surface area contributed by atoms with Crippen LogP contribution in [0.4, 0.5) is 10.7 Å². The zero-order chi connectivity index (χ0) is 35.6. The van der Waals surface area contributed by atoms with Gasteiger partial charge >= 0.3 is 11.9 Å². The maximum atomic E-state index is 13.8. The van der Waals surface area contributed by atoms with Gasteiger partial charge in [-0.1, -0.05) is 30.3 Å². The van der Waals surface area contributed by atoms with Gasteiger partial charge in [-0.25, -0.2) is 13.2 Å². The molecule has 13 heteroatoms. The summed E-state index contributed by atoms with van der Waals surface area (Å²) in [7, 11) is -4.21. The lowest BCUT2D eigenvalue weighted by molar-refractivity contribution is -0.146. The number of aliphatic carboxylic acids is 1. The highest BCUT2D eigenvalue weighted by Crippen LogP contribution is 2.39. The van der Waals surface area contributed by atoms with E-state index in [1.807, 2.05) is 24.3 Å². The number of carbonyl (C=O) groups is 4. The lowest BCUT2D eigenvalue weighted by atomic mass is 9.95. The van der Waals surface area contributed by atoms with Gasteiger partial charge in [-0.05, 0) is 117 Å². The molecule has 2 amide bonds. The van der Waals surface area contributed by atoms with Crippen molar-refractivity contribution in [3.8, 4) is 0 Å². The second kappa shape index (κ2) is 14.2. The van der Waals surface area contributed by atoms with E-state index in [4.69, 9.17) is 5.11 Å². The molecule has 1 fully saturated rings. The van der Waals surface area contributed by atoms with Gasteiger partial charge in [0.15, 0.2) is 0 Å². The number of rotatable bonds is 11. The molecule has 6 rings (SSSR count). The minimum atomic E-state index is -4.21. The first-order chi connectivity index (χ1) is 23.9. The van der Waals surface area contributed by atoms with E-state index in [1.54, 1.807) is 24.3 Å². The Balaban J connectivity index is 1.17. The maximum absolute atomic E-state index is 13.8. The molecule has 0 bridgehead atoms. The molecule has 4 N–H and O–H groups in total. The lowest BCUT2D eigenvalue weighted by Crippen LogP contribution is -2.50. The van der Waals surface area contributed by atoms with Crippen molar-refractivity contribution in [2.24, 2.45) is 0 Å². The summed E-state index contributed by atoms with van der Waals surface area (Å²) in [6, 6.07) is 19.8. The number of fused-ring (bicyclic) bond motifs is 1. The molecular weight excluding hydrogens is 679 g/mol. The molecule has 50 heavy (non-hydrogen) atoms. The van der Waals surface area contributed by atoms with Crippen molar-refractivity contribution in [1.82, 2.24) is 4.31 Å². The molecule has 2 heterocycles. The highest BCUT2D eigenvalue weighted by molar-refractivity contribution is 7.89. The molecule has 1 aromatic heterocycles. The van der Waals surface area contributed by atoms with Crippen LogP contribution in [0.5, 0.6) is 0 Å². The third-order valence-electron chi connectivity index (χ3n) is 9.46. The first-order valence-electron chi connectivity index (χ1n) is 16.4. The van der Waals surface area contributed by atoms with Gasteiger partial charge in [-0.3, -0.25) is 14.4 Å². The van der Waals surface area contributed by atoms with E-state index in [9.17, 15) is 32.7 Å². The Morgan fingerprint density at radius 1 is 0.820 bits per heavy atom. The third-order valence-corrected chi connectivity index (χ3v) is 12.7. The van der Waals surface area contributed by atoms with Crippen LogP contribution < -0.4 is 10.6 Å². The van der Waals surface area contributed by atoms with E-state index in [-0.39, 0.29) is 34.9 Å². The minimum absolute atomic E-state index is 0.0634. The van der Waals surface area contributed by atoms with Crippen molar-refractivity contribution < 1.29 is 37.8 Å². The van der Waals surface area contributed by atoms with Crippen molar-refractivity contribution in [3.05, 3.63) is 111 Å². The minimum Gasteiger partial charge on any atom is -0.480 e. The number of carboxylic acid groups (broad SMARTS) is 2. The number of carboxylic acids is 2. The smallest absolute Gasteiger partial charge is 0.335 e. The predicted octanol–water partition coefficient (Wildman–Crippen LogP) is 6.24. The molecule has 1 aliphatic carbocycles. The quantitative estimate of drug-likeness (QED) is 0.141. The lowest BCUT2D eigenvalue weighted by Gasteiger charge is -2.30. The van der Waals surface area contributed by atoms with Gasteiger partial charge in [0.05, 0.1) is 16.0 Å². The van der Waals surface area contributed by atoms with Crippen LogP contribution in [0.1, 0.15) is 85.2 Å². The molecule has 1 unspecified atom stereocenters. The number of sulfonamides is 1. The number of anilines is 2. The summed E-state index contributed by atoms with van der Waals surface area (Å²) in [4.78, 5) is 51.3. The van der Waals surface area contributed by atoms with E-state index in [2.05, 4.69) is 10.6 Å². The van der Waals surface area contributed by atoms with Crippen molar-refractivity contribution in [1.29, 1.82) is 0 Å². The summed E-state index contributed by atoms with van der Waals surface area (Å²) >= 11 is 1.35. The van der Waals surface area contributed by atoms with Crippen LogP contribution in [0, 0.1) is 0 Å². The van der Waals surface area contributed by atoms with Crippen molar-refractivity contribution >= 4 is 55.8 Å². The fourth-order valence-electron chi connectivity index (χ4n) is 6.58. The fraction of sp³-hybridized carbons (Fsp3) is 0.297. The molecule has 2 aliphatic rings. The van der Waals surface area contributed by atoms with Crippen molar-refractivity contribution in [2.75, 3.05) is 17.2 Å². The summed E-state index contributed by atoms with van der Waals surface area (Å²) in [5, 5.41) is 25.1. The van der Waals surface area contributed by atoms with Crippen LogP contribution in [0.15, 0.2) is 77.7 Å². The van der Waals surface area contributed by atoms with Crippen LogP contribution in [-0.4, -0.2) is 58.8 Å². The Morgan fingerprint density at radius 2 is 1.48 bits per heavy atom. The largest absolute Gasteiger partial charge is 0.480 e. The molecular formula is C37H37N3O8S2. The second-order valence-electron chi connectivity index (χ2n) is 12.8. The van der Waals surface area contributed by atoms with Gasteiger partial charge in [-0.15, -0.1) is 11.3 Å². The number of aryl methyl sites for hydroxylation is 3. The molecule has 1 saturated heterocycles. The molecule has 0 spiro atoms. The first kappa shape index (κ1) is 35.0. The zero-order valence-corrected chi connectivity index (χ0v) is 29.0. The highest BCUT2D eigenvalue weighted by Gasteiger charge is 2.49. The number of benzene rings is 3. The van der Waals surface area contributed by atoms with Crippen LogP contribution in [0.25, 0.3) is 0 Å². The fourth-order valence-corrected chi connectivity index (χ4v) is 9.71. The Morgan fingerprint density at radius 3 is 2.14 bits per heavy atom. The Bertz CT molecular complexity index is 2070. The number of amides is 2. The normalized spacial score (nSPS) is 17.5. The standard InChI is InChI=1S/C37H37N3O8S2/c1-37(36(45)46)20-5-21-40(37)50(47,48)28-7-4-6-26(22-28)32(41)39-34-31(29-8-2-3-9-30(29)49-34)33(42)38-27-18-14-24(15-19-27)11-10-23-12-16-25(17-13-23)35(43)44/h4,6-7,12-19,22H,2-3,5,8-11,20-21H2,1H3,(H,38,42)(H,39,41)(H,43,44)(H,45,46). The molecule has 0 radical (unpaired) electrons. The Labute approximate surface area is 294 Å². The first-order valence-corrected chi connectivity index (χ1v) is 18.7. The van der Waals surface area contributed by atoms with Crippen LogP contribution >= 0.6 is 11.3 Å². The van der Waals surface area contributed by atoms with Gasteiger partial charge in [0.1, 0.15) is 10.5 Å². The Kier molecular flexibility index (Phi) is 9.92. The van der Waals surface area contributed by atoms with Gasteiger partial charge in [0.25, 0.3) is 11.8 Å². The topological polar surface area (TPSA) is 170 Å². The van der Waals surface area contributed by atoms with Crippen LogP contribution in [0.3, 0.4) is 0 Å². The number of hydrogen-bond donors (Lipinski definition) is 4. The van der Waals surface area contributed by atoms with Gasteiger partial charge in [0.2, 0.25) is 10.0 Å². The average molecular weight is 716 g/mol. The summed E-state index contributed by atoms with van der Waals surface area (Å²) < 4.78 is 28.1. The Hall–Kier alpha value is -4.85. The number of nitrogens with one attached hydrogen (secondary N) is 2. The number of thiophene rings is 1. The van der Waals surface area contributed by atoms with Crippen molar-refractivity contribution in [2.45, 2.75) is 68.7 Å². The van der Waals surface area contributed by atoms with Crippen LogP contribution in [0.2, 0.25) is 0 Å². The molecule has 3 aromatic carbocycles. The molecule has 1 aliphatic heterocycles. The zero-order valence-electron chi connectivity index (χ0n) is 27.4. The number of nitrogens with zero attached hydrogens (tertiary/aromatic N) is 1. The summed E-state index contributed by atoms with van der Waals surface area (Å²) in [6.07, 6.45) is 5.42. The predicted molar refractivity (Wildman–Crippen MR) is 190 cm³/mol. The summed E-state index contributed by atoms with van der Waals surface area (Å²) in [6.45, 7) is 1.46. The van der Waals surface area contributed by atoms with E-state index >= 15 is 0 Å².